The van der Waals surface area contributed by atoms with E-state index >= 15 is 0 Å². The number of hydrogen-bond donors (Lipinski definition) is 2. The van der Waals surface area contributed by atoms with Crippen molar-refractivity contribution in [2.75, 3.05) is 12.0 Å². The first-order valence-corrected chi connectivity index (χ1v) is 8.29. The lowest BCUT2D eigenvalue weighted by atomic mass is 10.0. The van der Waals surface area contributed by atoms with Gasteiger partial charge in [-0.1, -0.05) is 48.5 Å². The number of carbonyl (C=O) groups excluding carboxylic acids is 2. The van der Waals surface area contributed by atoms with Crippen molar-refractivity contribution in [2.24, 2.45) is 0 Å². The standard InChI is InChI=1S/C20H23NO5/c1-14(20(25)26-2)21(18(24)11-15-7-4-3-5-8-15)19-16(12-22)9-6-10-17(19)13-23/h3-10,14,22-23H,11-13H2,1-2H3. The lowest BCUT2D eigenvalue weighted by Gasteiger charge is -2.31. The van der Waals surface area contributed by atoms with Crippen LogP contribution in [0.5, 0.6) is 0 Å². The van der Waals surface area contributed by atoms with E-state index in [1.54, 1.807) is 25.1 Å². The second-order valence-corrected chi connectivity index (χ2v) is 5.87. The van der Waals surface area contributed by atoms with Gasteiger partial charge in [-0.05, 0) is 12.5 Å². The van der Waals surface area contributed by atoms with Crippen LogP contribution >= 0.6 is 0 Å². The van der Waals surface area contributed by atoms with E-state index in [0.29, 0.717) is 16.8 Å². The summed E-state index contributed by atoms with van der Waals surface area (Å²) < 4.78 is 4.80. The number of para-hydroxylation sites is 1. The van der Waals surface area contributed by atoms with E-state index < -0.39 is 12.0 Å². The summed E-state index contributed by atoms with van der Waals surface area (Å²) >= 11 is 0. The summed E-state index contributed by atoms with van der Waals surface area (Å²) in [6, 6.07) is 13.2. The van der Waals surface area contributed by atoms with Gasteiger partial charge in [-0.3, -0.25) is 9.69 Å². The molecule has 0 saturated heterocycles. The molecule has 2 rings (SSSR count). The number of aliphatic hydroxyl groups is 2. The molecule has 2 aromatic rings. The van der Waals surface area contributed by atoms with Crippen LogP contribution < -0.4 is 4.90 Å². The van der Waals surface area contributed by atoms with Gasteiger partial charge in [0.15, 0.2) is 0 Å². The Morgan fingerprint density at radius 2 is 1.58 bits per heavy atom. The molecule has 0 bridgehead atoms. The third kappa shape index (κ3) is 4.28. The van der Waals surface area contributed by atoms with Gasteiger partial charge < -0.3 is 14.9 Å². The SMILES string of the molecule is COC(=O)C(C)N(C(=O)Cc1ccccc1)c1c(CO)cccc1CO. The summed E-state index contributed by atoms with van der Waals surface area (Å²) in [5, 5.41) is 19.4. The number of methoxy groups -OCH3 is 1. The fourth-order valence-electron chi connectivity index (χ4n) is 2.88. The molecule has 1 atom stereocenters. The Hall–Kier alpha value is -2.70. The monoisotopic (exact) mass is 357 g/mol. The zero-order chi connectivity index (χ0) is 19.1. The number of amides is 1. The van der Waals surface area contributed by atoms with Gasteiger partial charge in [-0.15, -0.1) is 0 Å². The quantitative estimate of drug-likeness (QED) is 0.738. The van der Waals surface area contributed by atoms with Crippen molar-refractivity contribution in [1.82, 2.24) is 0 Å². The number of rotatable bonds is 7. The summed E-state index contributed by atoms with van der Waals surface area (Å²) in [5.41, 5.74) is 2.05. The molecular weight excluding hydrogens is 334 g/mol. The van der Waals surface area contributed by atoms with Crippen LogP contribution in [0, 0.1) is 0 Å². The first-order chi connectivity index (χ1) is 12.5. The summed E-state index contributed by atoms with van der Waals surface area (Å²) in [7, 11) is 1.25. The van der Waals surface area contributed by atoms with Crippen LogP contribution in [0.2, 0.25) is 0 Å². The first kappa shape index (κ1) is 19.6. The number of hydrogen-bond acceptors (Lipinski definition) is 5. The average molecular weight is 357 g/mol. The Labute approximate surface area is 152 Å². The van der Waals surface area contributed by atoms with Gasteiger partial charge in [0, 0.05) is 11.1 Å². The molecule has 1 amide bonds. The van der Waals surface area contributed by atoms with E-state index in [4.69, 9.17) is 4.74 Å². The predicted molar refractivity (Wildman–Crippen MR) is 97.4 cm³/mol. The molecule has 6 nitrogen and oxygen atoms in total. The van der Waals surface area contributed by atoms with Crippen molar-refractivity contribution < 1.29 is 24.5 Å². The molecule has 6 heteroatoms. The first-order valence-electron chi connectivity index (χ1n) is 8.29. The molecule has 26 heavy (non-hydrogen) atoms. The fraction of sp³-hybridized carbons (Fsp3) is 0.300. The number of esters is 1. The second kappa shape index (κ2) is 9.12. The topological polar surface area (TPSA) is 87.1 Å². The molecule has 0 aliphatic rings. The van der Waals surface area contributed by atoms with E-state index in [0.717, 1.165) is 5.56 Å². The van der Waals surface area contributed by atoms with Crippen LogP contribution in [-0.4, -0.2) is 35.2 Å². The van der Waals surface area contributed by atoms with E-state index in [1.807, 2.05) is 30.3 Å². The van der Waals surface area contributed by atoms with Crippen molar-refractivity contribution in [3.05, 3.63) is 65.2 Å². The van der Waals surface area contributed by atoms with Gasteiger partial charge in [0.1, 0.15) is 6.04 Å². The Bertz CT molecular complexity index is 738. The fourth-order valence-corrected chi connectivity index (χ4v) is 2.88. The molecule has 0 heterocycles. The Morgan fingerprint density at radius 3 is 2.08 bits per heavy atom. The Balaban J connectivity index is 2.51. The van der Waals surface area contributed by atoms with Crippen LogP contribution in [0.1, 0.15) is 23.6 Å². The van der Waals surface area contributed by atoms with Gasteiger partial charge in [0.05, 0.1) is 32.4 Å². The average Bonchev–Trinajstić information content (AvgIpc) is 2.68. The minimum atomic E-state index is -0.908. The molecular formula is C20H23NO5. The zero-order valence-corrected chi connectivity index (χ0v) is 14.9. The lowest BCUT2D eigenvalue weighted by molar-refractivity contribution is -0.143. The van der Waals surface area contributed by atoms with Crippen LogP contribution in [-0.2, 0) is 34.0 Å². The molecule has 0 radical (unpaired) electrons. The molecule has 0 saturated carbocycles. The second-order valence-electron chi connectivity index (χ2n) is 5.87. The van der Waals surface area contributed by atoms with Gasteiger partial charge in [-0.25, -0.2) is 4.79 Å². The molecule has 0 aliphatic heterocycles. The molecule has 0 aromatic heterocycles. The minimum Gasteiger partial charge on any atom is -0.467 e. The number of ether oxygens (including phenoxy) is 1. The van der Waals surface area contributed by atoms with Gasteiger partial charge in [0.2, 0.25) is 5.91 Å². The van der Waals surface area contributed by atoms with Gasteiger partial charge in [-0.2, -0.15) is 0 Å². The van der Waals surface area contributed by atoms with E-state index in [-0.39, 0.29) is 25.5 Å². The molecule has 0 fully saturated rings. The maximum absolute atomic E-state index is 13.1. The van der Waals surface area contributed by atoms with Crippen LogP contribution in [0.15, 0.2) is 48.5 Å². The molecule has 2 N–H and O–H groups in total. The maximum Gasteiger partial charge on any atom is 0.328 e. The zero-order valence-electron chi connectivity index (χ0n) is 14.9. The highest BCUT2D eigenvalue weighted by Gasteiger charge is 2.31. The van der Waals surface area contributed by atoms with E-state index in [1.165, 1.54) is 12.0 Å². The van der Waals surface area contributed by atoms with Crippen molar-refractivity contribution in [2.45, 2.75) is 32.6 Å². The summed E-state index contributed by atoms with van der Waals surface area (Å²) in [5.74, 6) is -0.909. The minimum absolute atomic E-state index is 0.0762. The van der Waals surface area contributed by atoms with Gasteiger partial charge >= 0.3 is 5.97 Å². The molecule has 0 spiro atoms. The lowest BCUT2D eigenvalue weighted by Crippen LogP contribution is -2.45. The summed E-state index contributed by atoms with van der Waals surface area (Å²) in [6.45, 7) is 0.905. The van der Waals surface area contributed by atoms with Crippen LogP contribution in [0.4, 0.5) is 5.69 Å². The van der Waals surface area contributed by atoms with Crippen molar-refractivity contribution in [3.63, 3.8) is 0 Å². The van der Waals surface area contributed by atoms with E-state index in [9.17, 15) is 19.8 Å². The Kier molecular flexibility index (Phi) is 6.89. The van der Waals surface area contributed by atoms with Crippen molar-refractivity contribution in [3.8, 4) is 0 Å². The van der Waals surface area contributed by atoms with Crippen LogP contribution in [0.25, 0.3) is 0 Å². The normalized spacial score (nSPS) is 11.7. The highest BCUT2D eigenvalue weighted by atomic mass is 16.5. The largest absolute Gasteiger partial charge is 0.467 e. The highest BCUT2D eigenvalue weighted by Crippen LogP contribution is 2.29. The number of nitrogens with zero attached hydrogens (tertiary/aromatic N) is 1. The van der Waals surface area contributed by atoms with E-state index in [2.05, 4.69) is 0 Å². The third-order valence-electron chi connectivity index (χ3n) is 4.18. The Morgan fingerprint density at radius 1 is 1.00 bits per heavy atom. The third-order valence-corrected chi connectivity index (χ3v) is 4.18. The van der Waals surface area contributed by atoms with Crippen molar-refractivity contribution >= 4 is 17.6 Å². The molecule has 0 aliphatic carbocycles. The number of aliphatic hydroxyl groups excluding tert-OH is 2. The predicted octanol–water partition coefficient (Wildman–Crippen LogP) is 1.81. The smallest absolute Gasteiger partial charge is 0.328 e. The number of anilines is 1. The summed E-state index contributed by atoms with van der Waals surface area (Å²) in [6.07, 6.45) is 0.0762. The number of benzene rings is 2. The van der Waals surface area contributed by atoms with Crippen molar-refractivity contribution in [1.29, 1.82) is 0 Å². The van der Waals surface area contributed by atoms with Gasteiger partial charge in [0.25, 0.3) is 0 Å². The number of carbonyl (C=O) groups is 2. The molecule has 1 unspecified atom stereocenters. The van der Waals surface area contributed by atoms with Crippen LogP contribution in [0.3, 0.4) is 0 Å². The molecule has 138 valence electrons. The summed E-state index contributed by atoms with van der Waals surface area (Å²) in [4.78, 5) is 26.5. The maximum atomic E-state index is 13.1. The highest BCUT2D eigenvalue weighted by molar-refractivity contribution is 6.01. The molecule has 2 aromatic carbocycles.